The summed E-state index contributed by atoms with van der Waals surface area (Å²) in [6.07, 6.45) is 2.74. The molecule has 0 aromatic rings. The van der Waals surface area contributed by atoms with Crippen LogP contribution in [0, 0.1) is 0 Å². The summed E-state index contributed by atoms with van der Waals surface area (Å²) in [6.45, 7) is 0. The first-order valence-corrected chi connectivity index (χ1v) is 7.65. The van der Waals surface area contributed by atoms with Gasteiger partial charge in [-0.2, -0.15) is 4.99 Å². The quantitative estimate of drug-likeness (QED) is 0.709. The Hall–Kier alpha value is -1.11. The molecule has 2 amide bonds. The van der Waals surface area contributed by atoms with Gasteiger partial charge in [0.05, 0.1) is 11.5 Å². The summed E-state index contributed by atoms with van der Waals surface area (Å²) < 4.78 is 23.0. The van der Waals surface area contributed by atoms with Crippen LogP contribution in [0.3, 0.4) is 0 Å². The van der Waals surface area contributed by atoms with E-state index in [0.717, 1.165) is 12.8 Å². The Balaban J connectivity index is 1.94. The molecule has 2 N–H and O–H groups in total. The third kappa shape index (κ3) is 1.55. The number of aliphatic imine (C=N–C) groups is 1. The maximum Gasteiger partial charge on any atom is 0.346 e. The van der Waals surface area contributed by atoms with Gasteiger partial charge in [0, 0.05) is 6.04 Å². The van der Waals surface area contributed by atoms with Crippen LogP contribution in [-0.2, 0) is 9.84 Å². The number of nitrogens with two attached hydrogens (primary N) is 1. The smallest absolute Gasteiger partial charge is 0.346 e. The molecule has 1 saturated carbocycles. The molecule has 0 aromatic carbocycles. The summed E-state index contributed by atoms with van der Waals surface area (Å²) >= 11 is 0. The standard InChI is InChI=1S/C10H15N3O3S/c11-8-10(3-5-17(15,16)6-4-10)13(7-1-2-7)9(14)12-8/h7H,1-6H2,(H2,11,12,14). The summed E-state index contributed by atoms with van der Waals surface area (Å²) in [5.74, 6) is 0.503. The lowest BCUT2D eigenvalue weighted by atomic mass is 9.89. The summed E-state index contributed by atoms with van der Waals surface area (Å²) in [4.78, 5) is 17.4. The third-order valence-corrected chi connectivity index (χ3v) is 5.58. The van der Waals surface area contributed by atoms with Crippen LogP contribution in [0.2, 0.25) is 0 Å². The molecule has 3 aliphatic rings. The number of carbonyl (C=O) groups is 1. The number of sulfone groups is 1. The van der Waals surface area contributed by atoms with E-state index < -0.39 is 15.4 Å². The Kier molecular flexibility index (Phi) is 2.08. The molecule has 0 atom stereocenters. The fourth-order valence-electron chi connectivity index (χ4n) is 2.78. The molecule has 0 bridgehead atoms. The molecular weight excluding hydrogens is 242 g/mol. The van der Waals surface area contributed by atoms with Crippen molar-refractivity contribution >= 4 is 21.7 Å². The molecule has 6 nitrogen and oxygen atoms in total. The lowest BCUT2D eigenvalue weighted by Gasteiger charge is -2.40. The van der Waals surface area contributed by atoms with E-state index in [1.807, 2.05) is 0 Å². The SMILES string of the molecule is NC1=NC(=O)N(C2CC2)C12CCS(=O)(=O)CC2. The fraction of sp³-hybridized carbons (Fsp3) is 0.800. The van der Waals surface area contributed by atoms with Crippen LogP contribution in [0.1, 0.15) is 25.7 Å². The van der Waals surface area contributed by atoms with Crippen molar-refractivity contribution in [3.63, 3.8) is 0 Å². The van der Waals surface area contributed by atoms with E-state index in [1.54, 1.807) is 4.90 Å². The van der Waals surface area contributed by atoms with E-state index in [1.165, 1.54) is 0 Å². The Labute approximate surface area is 99.8 Å². The number of nitrogens with zero attached hydrogens (tertiary/aromatic N) is 2. The molecule has 1 aliphatic carbocycles. The number of hydrogen-bond donors (Lipinski definition) is 1. The van der Waals surface area contributed by atoms with E-state index in [-0.39, 0.29) is 23.6 Å². The van der Waals surface area contributed by atoms with Gasteiger partial charge in [-0.3, -0.25) is 0 Å². The van der Waals surface area contributed by atoms with E-state index in [2.05, 4.69) is 4.99 Å². The molecule has 1 spiro atoms. The second-order valence-corrected chi connectivity index (χ2v) is 7.37. The van der Waals surface area contributed by atoms with Crippen LogP contribution in [0.4, 0.5) is 4.79 Å². The average Bonchev–Trinajstić information content (AvgIpc) is 3.02. The van der Waals surface area contributed by atoms with Gasteiger partial charge in [-0.1, -0.05) is 0 Å². The molecule has 0 unspecified atom stereocenters. The topological polar surface area (TPSA) is 92.8 Å². The molecule has 0 aromatic heterocycles. The van der Waals surface area contributed by atoms with Gasteiger partial charge in [0.25, 0.3) is 0 Å². The number of carbonyl (C=O) groups excluding carboxylic acids is 1. The Morgan fingerprint density at radius 1 is 1.29 bits per heavy atom. The molecule has 17 heavy (non-hydrogen) atoms. The summed E-state index contributed by atoms with van der Waals surface area (Å²) in [5.41, 5.74) is 5.26. The zero-order chi connectivity index (χ0) is 12.3. The van der Waals surface area contributed by atoms with Crippen molar-refractivity contribution in [3.8, 4) is 0 Å². The predicted octanol–water partition coefficient (Wildman–Crippen LogP) is -0.111. The van der Waals surface area contributed by atoms with Gasteiger partial charge in [0.2, 0.25) is 0 Å². The third-order valence-electron chi connectivity index (χ3n) is 3.93. The minimum Gasteiger partial charge on any atom is -0.385 e. The molecule has 2 aliphatic heterocycles. The zero-order valence-electron chi connectivity index (χ0n) is 9.42. The summed E-state index contributed by atoms with van der Waals surface area (Å²) in [6, 6.07) is -0.0718. The molecule has 2 heterocycles. The van der Waals surface area contributed by atoms with Gasteiger partial charge < -0.3 is 10.6 Å². The zero-order valence-corrected chi connectivity index (χ0v) is 10.2. The van der Waals surface area contributed by atoms with Crippen LogP contribution in [-0.4, -0.2) is 48.3 Å². The molecule has 0 radical (unpaired) electrons. The predicted molar refractivity (Wildman–Crippen MR) is 62.5 cm³/mol. The lowest BCUT2D eigenvalue weighted by molar-refractivity contribution is 0.157. The maximum atomic E-state index is 11.8. The number of rotatable bonds is 1. The Morgan fingerprint density at radius 3 is 2.41 bits per heavy atom. The largest absolute Gasteiger partial charge is 0.385 e. The molecule has 3 rings (SSSR count). The lowest BCUT2D eigenvalue weighted by Crippen LogP contribution is -2.58. The van der Waals surface area contributed by atoms with Gasteiger partial charge >= 0.3 is 6.03 Å². The van der Waals surface area contributed by atoms with Crippen LogP contribution in [0.15, 0.2) is 4.99 Å². The van der Waals surface area contributed by atoms with Crippen molar-refractivity contribution < 1.29 is 13.2 Å². The fourth-order valence-corrected chi connectivity index (χ4v) is 4.28. The van der Waals surface area contributed by atoms with Crippen LogP contribution < -0.4 is 5.73 Å². The van der Waals surface area contributed by atoms with Crippen molar-refractivity contribution in [1.29, 1.82) is 0 Å². The minimum absolute atomic E-state index is 0.0969. The van der Waals surface area contributed by atoms with Crippen molar-refractivity contribution in [3.05, 3.63) is 0 Å². The molecule has 94 valence electrons. The number of amides is 2. The van der Waals surface area contributed by atoms with Crippen molar-refractivity contribution in [1.82, 2.24) is 4.90 Å². The highest BCUT2D eigenvalue weighted by molar-refractivity contribution is 7.91. The van der Waals surface area contributed by atoms with E-state index in [9.17, 15) is 13.2 Å². The monoisotopic (exact) mass is 257 g/mol. The van der Waals surface area contributed by atoms with Crippen molar-refractivity contribution in [2.45, 2.75) is 37.3 Å². The summed E-state index contributed by atoms with van der Waals surface area (Å²) in [5, 5.41) is 0. The van der Waals surface area contributed by atoms with E-state index in [0.29, 0.717) is 18.7 Å². The summed E-state index contributed by atoms with van der Waals surface area (Å²) in [7, 11) is -2.96. The normalized spacial score (nSPS) is 30.7. The molecular formula is C10H15N3O3S. The number of amidine groups is 1. The Bertz CT molecular complexity index is 493. The van der Waals surface area contributed by atoms with Gasteiger partial charge in [0.1, 0.15) is 11.4 Å². The number of hydrogen-bond acceptors (Lipinski definition) is 4. The Morgan fingerprint density at radius 2 is 1.88 bits per heavy atom. The molecule has 7 heteroatoms. The van der Waals surface area contributed by atoms with Gasteiger partial charge in [-0.05, 0) is 25.7 Å². The second kappa shape index (κ2) is 3.22. The van der Waals surface area contributed by atoms with Gasteiger partial charge in [0.15, 0.2) is 9.84 Å². The van der Waals surface area contributed by atoms with E-state index >= 15 is 0 Å². The highest BCUT2D eigenvalue weighted by Gasteiger charge is 2.55. The number of urea groups is 1. The highest BCUT2D eigenvalue weighted by atomic mass is 32.2. The van der Waals surface area contributed by atoms with Crippen LogP contribution >= 0.6 is 0 Å². The highest BCUT2D eigenvalue weighted by Crippen LogP contribution is 2.42. The second-order valence-electron chi connectivity index (χ2n) is 5.06. The van der Waals surface area contributed by atoms with Gasteiger partial charge in [-0.25, -0.2) is 13.2 Å². The maximum absolute atomic E-state index is 11.8. The minimum atomic E-state index is -2.96. The first-order chi connectivity index (χ1) is 7.95. The van der Waals surface area contributed by atoms with Crippen LogP contribution in [0.25, 0.3) is 0 Å². The molecule has 1 saturated heterocycles. The van der Waals surface area contributed by atoms with Gasteiger partial charge in [-0.15, -0.1) is 0 Å². The molecule has 2 fully saturated rings. The van der Waals surface area contributed by atoms with Crippen LogP contribution in [0.5, 0.6) is 0 Å². The van der Waals surface area contributed by atoms with E-state index in [4.69, 9.17) is 5.73 Å². The van der Waals surface area contributed by atoms with Crippen molar-refractivity contribution in [2.24, 2.45) is 10.7 Å². The average molecular weight is 257 g/mol. The first-order valence-electron chi connectivity index (χ1n) is 5.83. The van der Waals surface area contributed by atoms with Crippen molar-refractivity contribution in [2.75, 3.05) is 11.5 Å². The first kappa shape index (κ1) is 11.0.